The number of benzene rings is 3. The molecule has 32 heavy (non-hydrogen) atoms. The number of carbonyl (C=O) groups is 1. The van der Waals surface area contributed by atoms with Crippen molar-refractivity contribution in [3.63, 3.8) is 0 Å². The number of hydrogen-bond donors (Lipinski definition) is 0. The molecule has 0 radical (unpaired) electrons. The van der Waals surface area contributed by atoms with Crippen molar-refractivity contribution in [3.05, 3.63) is 114 Å². The molecule has 2 aromatic heterocycles. The maximum Gasteiger partial charge on any atom is 0.307 e. The maximum absolute atomic E-state index is 12.7. The third kappa shape index (κ3) is 4.32. The first-order valence-electron chi connectivity index (χ1n) is 10.5. The van der Waals surface area contributed by atoms with E-state index in [1.807, 2.05) is 91.0 Å². The van der Waals surface area contributed by atoms with E-state index in [4.69, 9.17) is 13.7 Å². The minimum absolute atomic E-state index is 0.0405. The summed E-state index contributed by atoms with van der Waals surface area (Å²) in [5, 5.41) is 5.00. The number of rotatable bonds is 7. The molecule has 5 nitrogen and oxygen atoms in total. The number of furan rings is 1. The lowest BCUT2D eigenvalue weighted by Gasteiger charge is -2.17. The summed E-state index contributed by atoms with van der Waals surface area (Å²) in [5.41, 5.74) is 3.46. The highest BCUT2D eigenvalue weighted by Gasteiger charge is 2.20. The van der Waals surface area contributed by atoms with Crippen LogP contribution in [0.3, 0.4) is 0 Å². The van der Waals surface area contributed by atoms with E-state index in [2.05, 4.69) is 5.16 Å². The van der Waals surface area contributed by atoms with Gasteiger partial charge in [0.15, 0.2) is 5.76 Å². The zero-order valence-electron chi connectivity index (χ0n) is 17.3. The van der Waals surface area contributed by atoms with E-state index in [1.54, 1.807) is 6.07 Å². The topological polar surface area (TPSA) is 65.5 Å². The van der Waals surface area contributed by atoms with Gasteiger partial charge in [-0.15, -0.1) is 0 Å². The largest absolute Gasteiger partial charge is 0.459 e. The Morgan fingerprint density at radius 1 is 0.812 bits per heavy atom. The van der Waals surface area contributed by atoms with Crippen molar-refractivity contribution in [1.29, 1.82) is 0 Å². The summed E-state index contributed by atoms with van der Waals surface area (Å²) < 4.78 is 16.7. The number of aromatic nitrogens is 1. The molecular weight excluding hydrogens is 402 g/mol. The van der Waals surface area contributed by atoms with Crippen LogP contribution < -0.4 is 0 Å². The summed E-state index contributed by atoms with van der Waals surface area (Å²) >= 11 is 0. The van der Waals surface area contributed by atoms with Gasteiger partial charge in [0.1, 0.15) is 17.9 Å². The minimum atomic E-state index is -0.295. The minimum Gasteiger partial charge on any atom is -0.459 e. The number of hydrogen-bond acceptors (Lipinski definition) is 5. The second-order valence-corrected chi connectivity index (χ2v) is 7.57. The predicted molar refractivity (Wildman–Crippen MR) is 121 cm³/mol. The molecule has 3 aromatic carbocycles. The average Bonchev–Trinajstić information content (AvgIpc) is 3.49. The van der Waals surface area contributed by atoms with Crippen LogP contribution in [0.25, 0.3) is 22.5 Å². The van der Waals surface area contributed by atoms with Gasteiger partial charge in [0.05, 0.1) is 6.42 Å². The van der Waals surface area contributed by atoms with Crippen LogP contribution in [0.1, 0.15) is 29.2 Å². The van der Waals surface area contributed by atoms with Crippen molar-refractivity contribution in [2.45, 2.75) is 18.9 Å². The first-order valence-corrected chi connectivity index (χ1v) is 10.5. The first-order chi connectivity index (χ1) is 15.8. The molecule has 0 atom stereocenters. The molecule has 158 valence electrons. The molecule has 2 heterocycles. The van der Waals surface area contributed by atoms with Gasteiger partial charge in [-0.1, -0.05) is 84.0 Å². The van der Waals surface area contributed by atoms with Gasteiger partial charge in [-0.05, 0) is 23.3 Å². The van der Waals surface area contributed by atoms with E-state index in [9.17, 15) is 4.79 Å². The monoisotopic (exact) mass is 423 g/mol. The van der Waals surface area contributed by atoms with Crippen LogP contribution in [0, 0.1) is 0 Å². The van der Waals surface area contributed by atoms with Gasteiger partial charge in [0.2, 0.25) is 5.76 Å². The van der Waals surface area contributed by atoms with E-state index in [-0.39, 0.29) is 24.9 Å². The number of ether oxygens (including phenoxy) is 1. The molecular formula is C27H21NO4. The van der Waals surface area contributed by atoms with E-state index >= 15 is 0 Å². The average molecular weight is 423 g/mol. The summed E-state index contributed by atoms with van der Waals surface area (Å²) in [5.74, 6) is 0.715. The van der Waals surface area contributed by atoms with Gasteiger partial charge in [-0.25, -0.2) is 0 Å². The maximum atomic E-state index is 12.7. The van der Waals surface area contributed by atoms with Gasteiger partial charge >= 0.3 is 5.97 Å². The van der Waals surface area contributed by atoms with Crippen molar-refractivity contribution >= 4 is 16.9 Å². The van der Waals surface area contributed by atoms with Gasteiger partial charge in [-0.2, -0.15) is 0 Å². The lowest BCUT2D eigenvalue weighted by molar-refractivity contribution is -0.145. The summed E-state index contributed by atoms with van der Waals surface area (Å²) in [4.78, 5) is 12.7. The van der Waals surface area contributed by atoms with Crippen LogP contribution in [0.5, 0.6) is 0 Å². The first kappa shape index (κ1) is 19.8. The molecule has 0 bridgehead atoms. The fourth-order valence-electron chi connectivity index (χ4n) is 3.78. The highest BCUT2D eigenvalue weighted by molar-refractivity contribution is 5.81. The van der Waals surface area contributed by atoms with Crippen molar-refractivity contribution in [2.24, 2.45) is 0 Å². The molecule has 0 N–H and O–H groups in total. The Labute approximate surface area is 185 Å². The second kappa shape index (κ2) is 8.94. The smallest absolute Gasteiger partial charge is 0.307 e. The van der Waals surface area contributed by atoms with Crippen molar-refractivity contribution in [1.82, 2.24) is 5.16 Å². The van der Waals surface area contributed by atoms with E-state index < -0.39 is 0 Å². The molecule has 0 aliphatic rings. The lowest BCUT2D eigenvalue weighted by Crippen LogP contribution is -2.12. The summed E-state index contributed by atoms with van der Waals surface area (Å²) in [6.07, 6.45) is 0.238. The Bertz CT molecular complexity index is 1250. The predicted octanol–water partition coefficient (Wildman–Crippen LogP) is 6.35. The van der Waals surface area contributed by atoms with Gasteiger partial charge < -0.3 is 13.7 Å². The molecule has 0 fully saturated rings. The number of esters is 1. The lowest BCUT2D eigenvalue weighted by atomic mass is 9.89. The van der Waals surface area contributed by atoms with Gasteiger partial charge in [0.25, 0.3) is 0 Å². The molecule has 0 amide bonds. The van der Waals surface area contributed by atoms with Crippen LogP contribution in [0.15, 0.2) is 106 Å². The normalized spacial score (nSPS) is 11.2. The van der Waals surface area contributed by atoms with E-state index in [1.165, 1.54) is 0 Å². The molecule has 0 unspecified atom stereocenters. The van der Waals surface area contributed by atoms with E-state index in [0.717, 1.165) is 22.1 Å². The fraction of sp³-hybridized carbons (Fsp3) is 0.111. The van der Waals surface area contributed by atoms with Gasteiger partial charge in [0, 0.05) is 17.4 Å². The van der Waals surface area contributed by atoms with Crippen molar-refractivity contribution in [3.8, 4) is 11.5 Å². The SMILES string of the molecule is O=C(CC(c1ccccc1)c1ccccc1)OCc1cc(-c2cc3ccccc3o2)on1. The number of para-hydroxylation sites is 1. The highest BCUT2D eigenvalue weighted by atomic mass is 16.5. The van der Waals surface area contributed by atoms with Crippen molar-refractivity contribution < 1.29 is 18.5 Å². The number of carbonyl (C=O) groups excluding carboxylic acids is 1. The molecule has 5 heteroatoms. The third-order valence-corrected chi connectivity index (χ3v) is 5.38. The Balaban J connectivity index is 1.26. The Hall–Kier alpha value is -4.12. The quantitative estimate of drug-likeness (QED) is 0.285. The molecule has 0 aliphatic heterocycles. The summed E-state index contributed by atoms with van der Waals surface area (Å²) in [7, 11) is 0. The zero-order valence-corrected chi connectivity index (χ0v) is 17.3. The Morgan fingerprint density at radius 2 is 1.47 bits per heavy atom. The second-order valence-electron chi connectivity index (χ2n) is 7.57. The van der Waals surface area contributed by atoms with Crippen LogP contribution >= 0.6 is 0 Å². The van der Waals surface area contributed by atoms with Gasteiger partial charge in [-0.3, -0.25) is 4.79 Å². The standard InChI is InChI=1S/C27H21NO4/c29-27(17-23(19-9-3-1-4-10-19)20-11-5-2-6-12-20)30-18-22-16-26(32-28-22)25-15-21-13-7-8-14-24(21)31-25/h1-16,23H,17-18H2. The van der Waals surface area contributed by atoms with Crippen LogP contribution in [-0.2, 0) is 16.1 Å². The Morgan fingerprint density at radius 3 is 2.16 bits per heavy atom. The van der Waals surface area contributed by atoms with Crippen LogP contribution in [0.4, 0.5) is 0 Å². The van der Waals surface area contributed by atoms with E-state index in [0.29, 0.717) is 17.2 Å². The van der Waals surface area contributed by atoms with Crippen LogP contribution in [0.2, 0.25) is 0 Å². The molecule has 0 aliphatic carbocycles. The zero-order chi connectivity index (χ0) is 21.8. The molecule has 0 saturated carbocycles. The van der Waals surface area contributed by atoms with Crippen molar-refractivity contribution in [2.75, 3.05) is 0 Å². The molecule has 0 spiro atoms. The third-order valence-electron chi connectivity index (χ3n) is 5.38. The molecule has 5 rings (SSSR count). The Kier molecular flexibility index (Phi) is 5.54. The highest BCUT2D eigenvalue weighted by Crippen LogP contribution is 2.30. The number of nitrogens with zero attached hydrogens (tertiary/aromatic N) is 1. The molecule has 5 aromatic rings. The summed E-state index contributed by atoms with van der Waals surface area (Å²) in [6, 6.07) is 31.3. The fourth-order valence-corrected chi connectivity index (χ4v) is 3.78. The molecule has 0 saturated heterocycles. The summed E-state index contributed by atoms with van der Waals surface area (Å²) in [6.45, 7) is 0.0405. The van der Waals surface area contributed by atoms with Crippen LogP contribution in [-0.4, -0.2) is 11.1 Å². The number of fused-ring (bicyclic) bond motifs is 1.